The number of carbonyl (C=O) groups is 1. The summed E-state index contributed by atoms with van der Waals surface area (Å²) >= 11 is 0. The molecule has 1 aromatic rings. The summed E-state index contributed by atoms with van der Waals surface area (Å²) in [6.07, 6.45) is 2.72. The molecule has 4 heteroatoms. The van der Waals surface area contributed by atoms with Crippen LogP contribution in [0.2, 0.25) is 0 Å². The summed E-state index contributed by atoms with van der Waals surface area (Å²) in [5.74, 6) is -1.07. The summed E-state index contributed by atoms with van der Waals surface area (Å²) in [5.41, 5.74) is 4.57. The number of carboxylic acid groups (broad SMARTS) is 1. The third-order valence-electron chi connectivity index (χ3n) is 1.57. The van der Waals surface area contributed by atoms with Crippen molar-refractivity contribution in [2.24, 2.45) is 5.73 Å². The van der Waals surface area contributed by atoms with Crippen molar-refractivity contribution in [3.63, 3.8) is 0 Å². The molecule has 0 saturated carbocycles. The molecule has 0 radical (unpaired) electrons. The minimum Gasteiger partial charge on any atom is -0.480 e. The van der Waals surface area contributed by atoms with Gasteiger partial charge in [0.1, 0.15) is 5.54 Å². The van der Waals surface area contributed by atoms with Crippen molar-refractivity contribution in [1.29, 1.82) is 0 Å². The van der Waals surface area contributed by atoms with E-state index in [2.05, 4.69) is 0 Å². The maximum atomic E-state index is 10.6. The zero-order valence-corrected chi connectivity index (χ0v) is 6.07. The smallest absolute Gasteiger partial charge is 0.328 e. The maximum absolute atomic E-state index is 10.6. The first-order valence-electron chi connectivity index (χ1n) is 3.10. The molecule has 1 atom stereocenters. The molecule has 0 fully saturated rings. The number of hydrogen-bond acceptors (Lipinski definition) is 3. The van der Waals surface area contributed by atoms with E-state index < -0.39 is 11.5 Å². The van der Waals surface area contributed by atoms with E-state index in [-0.39, 0.29) is 0 Å². The van der Waals surface area contributed by atoms with Gasteiger partial charge in [0.05, 0.1) is 12.5 Å². The molecule has 1 rings (SSSR count). The molecule has 1 aromatic heterocycles. The van der Waals surface area contributed by atoms with Gasteiger partial charge in [0.15, 0.2) is 0 Å². The van der Waals surface area contributed by atoms with Gasteiger partial charge in [-0.3, -0.25) is 0 Å². The highest BCUT2D eigenvalue weighted by molar-refractivity contribution is 5.79. The number of furan rings is 1. The largest absolute Gasteiger partial charge is 0.480 e. The lowest BCUT2D eigenvalue weighted by Crippen LogP contribution is -2.41. The third kappa shape index (κ3) is 1.25. The SMILES string of the molecule is C[C@](N)(C(=O)O)c1ccoc1. The monoisotopic (exact) mass is 155 g/mol. The molecule has 0 aromatic carbocycles. The van der Waals surface area contributed by atoms with Gasteiger partial charge >= 0.3 is 5.97 Å². The van der Waals surface area contributed by atoms with Crippen LogP contribution < -0.4 is 5.73 Å². The van der Waals surface area contributed by atoms with E-state index in [1.165, 1.54) is 25.5 Å². The first-order valence-corrected chi connectivity index (χ1v) is 3.10. The summed E-state index contributed by atoms with van der Waals surface area (Å²) in [6.45, 7) is 1.42. The van der Waals surface area contributed by atoms with Gasteiger partial charge in [-0.05, 0) is 13.0 Å². The van der Waals surface area contributed by atoms with Crippen molar-refractivity contribution in [2.75, 3.05) is 0 Å². The average molecular weight is 155 g/mol. The van der Waals surface area contributed by atoms with Crippen molar-refractivity contribution in [3.8, 4) is 0 Å². The van der Waals surface area contributed by atoms with Crippen LogP contribution in [-0.4, -0.2) is 11.1 Å². The molecule has 0 bridgehead atoms. The molecule has 60 valence electrons. The Hall–Kier alpha value is -1.29. The van der Waals surface area contributed by atoms with Crippen molar-refractivity contribution < 1.29 is 14.3 Å². The van der Waals surface area contributed by atoms with Gasteiger partial charge in [-0.25, -0.2) is 4.79 Å². The van der Waals surface area contributed by atoms with Gasteiger partial charge < -0.3 is 15.3 Å². The molecule has 3 N–H and O–H groups in total. The molecule has 11 heavy (non-hydrogen) atoms. The molecule has 1 heterocycles. The van der Waals surface area contributed by atoms with Gasteiger partial charge in [0, 0.05) is 5.56 Å². The van der Waals surface area contributed by atoms with Crippen molar-refractivity contribution >= 4 is 5.97 Å². The number of carboxylic acids is 1. The second-order valence-corrected chi connectivity index (χ2v) is 2.52. The van der Waals surface area contributed by atoms with Gasteiger partial charge in [0.25, 0.3) is 0 Å². The molecule has 0 amide bonds. The van der Waals surface area contributed by atoms with Crippen molar-refractivity contribution in [1.82, 2.24) is 0 Å². The van der Waals surface area contributed by atoms with Crippen molar-refractivity contribution in [3.05, 3.63) is 24.2 Å². The Kier molecular flexibility index (Phi) is 1.70. The van der Waals surface area contributed by atoms with E-state index in [4.69, 9.17) is 15.3 Å². The highest BCUT2D eigenvalue weighted by Crippen LogP contribution is 2.17. The average Bonchev–Trinajstić information content (AvgIpc) is 2.37. The minimum atomic E-state index is -1.35. The second-order valence-electron chi connectivity index (χ2n) is 2.52. The lowest BCUT2D eigenvalue weighted by atomic mass is 9.97. The summed E-state index contributed by atoms with van der Waals surface area (Å²) in [5, 5.41) is 8.65. The number of aliphatic carboxylic acids is 1. The molecule has 0 saturated heterocycles. The van der Waals surface area contributed by atoms with E-state index in [9.17, 15) is 4.79 Å². The summed E-state index contributed by atoms with van der Waals surface area (Å²) in [6, 6.07) is 1.54. The van der Waals surface area contributed by atoms with E-state index >= 15 is 0 Å². The van der Waals surface area contributed by atoms with Gasteiger partial charge in [-0.15, -0.1) is 0 Å². The lowest BCUT2D eigenvalue weighted by molar-refractivity contribution is -0.143. The second kappa shape index (κ2) is 2.39. The van der Waals surface area contributed by atoms with Crippen LogP contribution in [0.1, 0.15) is 12.5 Å². The zero-order chi connectivity index (χ0) is 8.48. The zero-order valence-electron chi connectivity index (χ0n) is 6.07. The molecule has 0 unspecified atom stereocenters. The van der Waals surface area contributed by atoms with E-state index in [0.717, 1.165) is 0 Å². The Morgan fingerprint density at radius 3 is 2.82 bits per heavy atom. The van der Waals surface area contributed by atoms with Crippen LogP contribution in [0.15, 0.2) is 23.0 Å². The standard InChI is InChI=1S/C7H9NO3/c1-7(8,6(9)10)5-2-3-11-4-5/h2-4H,8H2,1H3,(H,9,10)/t7-/m1/s1. The Balaban J connectivity index is 3.00. The molecule has 0 aliphatic carbocycles. The molecular weight excluding hydrogens is 146 g/mol. The molecule has 4 nitrogen and oxygen atoms in total. The third-order valence-corrected chi connectivity index (χ3v) is 1.57. The maximum Gasteiger partial charge on any atom is 0.328 e. The van der Waals surface area contributed by atoms with E-state index in [1.807, 2.05) is 0 Å². The Bertz CT molecular complexity index is 251. The van der Waals surface area contributed by atoms with Crippen LogP contribution in [0.3, 0.4) is 0 Å². The number of hydrogen-bond donors (Lipinski definition) is 2. The van der Waals surface area contributed by atoms with E-state index in [1.54, 1.807) is 0 Å². The Morgan fingerprint density at radius 1 is 1.82 bits per heavy atom. The minimum absolute atomic E-state index is 0.463. The highest BCUT2D eigenvalue weighted by atomic mass is 16.4. The van der Waals surface area contributed by atoms with Gasteiger partial charge in [-0.1, -0.05) is 0 Å². The molecule has 0 aliphatic rings. The normalized spacial score (nSPS) is 15.8. The van der Waals surface area contributed by atoms with Crippen LogP contribution in [0.5, 0.6) is 0 Å². The van der Waals surface area contributed by atoms with E-state index in [0.29, 0.717) is 5.56 Å². The molecule has 0 spiro atoms. The fourth-order valence-electron chi connectivity index (χ4n) is 0.683. The number of rotatable bonds is 2. The first kappa shape index (κ1) is 7.81. The summed E-state index contributed by atoms with van der Waals surface area (Å²) in [7, 11) is 0. The van der Waals surface area contributed by atoms with Crippen LogP contribution in [-0.2, 0) is 10.3 Å². The van der Waals surface area contributed by atoms with Gasteiger partial charge in [-0.2, -0.15) is 0 Å². The predicted octanol–water partition coefficient (Wildman–Crippen LogP) is 0.538. The lowest BCUT2D eigenvalue weighted by Gasteiger charge is -2.16. The fourth-order valence-corrected chi connectivity index (χ4v) is 0.683. The van der Waals surface area contributed by atoms with Crippen molar-refractivity contribution in [2.45, 2.75) is 12.5 Å². The molecular formula is C7H9NO3. The topological polar surface area (TPSA) is 76.5 Å². The Labute approximate surface area is 63.6 Å². The highest BCUT2D eigenvalue weighted by Gasteiger charge is 2.30. The number of nitrogens with two attached hydrogens (primary N) is 1. The van der Waals surface area contributed by atoms with Crippen LogP contribution >= 0.6 is 0 Å². The van der Waals surface area contributed by atoms with Crippen LogP contribution in [0.25, 0.3) is 0 Å². The summed E-state index contributed by atoms with van der Waals surface area (Å²) < 4.78 is 4.71. The quantitative estimate of drug-likeness (QED) is 0.653. The van der Waals surface area contributed by atoms with Gasteiger partial charge in [0.2, 0.25) is 0 Å². The van der Waals surface area contributed by atoms with Crippen LogP contribution in [0.4, 0.5) is 0 Å². The molecule has 0 aliphatic heterocycles. The Morgan fingerprint density at radius 2 is 2.45 bits per heavy atom. The summed E-state index contributed by atoms with van der Waals surface area (Å²) in [4.78, 5) is 10.6. The predicted molar refractivity (Wildman–Crippen MR) is 37.9 cm³/mol. The van der Waals surface area contributed by atoms with Crippen LogP contribution in [0, 0.1) is 0 Å². The first-order chi connectivity index (χ1) is 5.05. The fraction of sp³-hybridized carbons (Fsp3) is 0.286.